The van der Waals surface area contributed by atoms with Crippen molar-refractivity contribution in [2.45, 2.75) is 57.9 Å². The zero-order valence-electron chi connectivity index (χ0n) is 20.7. The van der Waals surface area contributed by atoms with Gasteiger partial charge in [-0.15, -0.1) is 10.2 Å². The van der Waals surface area contributed by atoms with Crippen molar-refractivity contribution < 1.29 is 14.3 Å². The molecule has 3 aromatic rings. The molecule has 1 aliphatic carbocycles. The van der Waals surface area contributed by atoms with E-state index in [2.05, 4.69) is 27.2 Å². The van der Waals surface area contributed by atoms with E-state index < -0.39 is 5.60 Å². The normalized spacial score (nSPS) is 21.1. The molecule has 2 N–H and O–H groups in total. The van der Waals surface area contributed by atoms with E-state index >= 15 is 0 Å². The molecule has 2 aliphatic rings. The lowest BCUT2D eigenvalue weighted by molar-refractivity contribution is 0.0137. The SMILES string of the molecule is CC(C)(C)OC(=O)N1CCN(Cc2nnc3ccc(O[C@@H]4CC[C@H](N)c5ccccc54)cn23)CC1. The number of amides is 1. The second kappa shape index (κ2) is 9.47. The number of rotatable bonds is 4. The lowest BCUT2D eigenvalue weighted by atomic mass is 9.86. The number of carbonyl (C=O) groups is 1. The van der Waals surface area contributed by atoms with Crippen molar-refractivity contribution in [1.82, 2.24) is 24.4 Å². The largest absolute Gasteiger partial charge is 0.484 e. The van der Waals surface area contributed by atoms with Gasteiger partial charge in [-0.1, -0.05) is 24.3 Å². The van der Waals surface area contributed by atoms with E-state index in [0.717, 1.165) is 48.7 Å². The van der Waals surface area contributed by atoms with Crippen molar-refractivity contribution in [1.29, 1.82) is 0 Å². The summed E-state index contributed by atoms with van der Waals surface area (Å²) in [4.78, 5) is 16.4. The number of hydrogen-bond acceptors (Lipinski definition) is 7. The molecule has 3 heterocycles. The van der Waals surface area contributed by atoms with Crippen molar-refractivity contribution in [2.75, 3.05) is 26.2 Å². The van der Waals surface area contributed by atoms with Crippen molar-refractivity contribution in [3.8, 4) is 5.75 Å². The molecule has 0 saturated carbocycles. The fourth-order valence-electron chi connectivity index (χ4n) is 4.78. The van der Waals surface area contributed by atoms with Gasteiger partial charge in [-0.3, -0.25) is 9.30 Å². The van der Waals surface area contributed by atoms with Crippen LogP contribution in [0.3, 0.4) is 0 Å². The highest BCUT2D eigenvalue weighted by Crippen LogP contribution is 2.37. The van der Waals surface area contributed by atoms with Crippen LogP contribution in [0, 0.1) is 0 Å². The number of piperazine rings is 1. The van der Waals surface area contributed by atoms with Crippen LogP contribution in [-0.2, 0) is 11.3 Å². The van der Waals surface area contributed by atoms with Gasteiger partial charge in [0.2, 0.25) is 0 Å². The summed E-state index contributed by atoms with van der Waals surface area (Å²) in [5.74, 6) is 1.63. The summed E-state index contributed by atoms with van der Waals surface area (Å²) in [6.07, 6.45) is 3.48. The average Bonchev–Trinajstić information content (AvgIpc) is 3.22. The molecule has 9 heteroatoms. The Bertz CT molecular complexity index is 1200. The minimum Gasteiger partial charge on any atom is -0.484 e. The Morgan fingerprint density at radius 1 is 1.03 bits per heavy atom. The first-order valence-electron chi connectivity index (χ1n) is 12.3. The molecular weight excluding hydrogens is 444 g/mol. The number of carbonyl (C=O) groups excluding carboxylic acids is 1. The predicted molar refractivity (Wildman–Crippen MR) is 132 cm³/mol. The number of pyridine rings is 1. The van der Waals surface area contributed by atoms with Gasteiger partial charge in [0.25, 0.3) is 0 Å². The van der Waals surface area contributed by atoms with Crippen LogP contribution in [0.25, 0.3) is 5.65 Å². The number of hydrogen-bond donors (Lipinski definition) is 1. The number of nitrogens with zero attached hydrogens (tertiary/aromatic N) is 5. The minimum absolute atomic E-state index is 0.0238. The van der Waals surface area contributed by atoms with Gasteiger partial charge in [-0.05, 0) is 56.9 Å². The molecule has 2 atom stereocenters. The molecule has 35 heavy (non-hydrogen) atoms. The molecule has 1 saturated heterocycles. The number of nitrogens with two attached hydrogens (primary N) is 1. The fourth-order valence-corrected chi connectivity index (χ4v) is 4.78. The van der Waals surface area contributed by atoms with Crippen LogP contribution in [0.4, 0.5) is 4.79 Å². The molecule has 0 radical (unpaired) electrons. The quantitative estimate of drug-likeness (QED) is 0.611. The topological polar surface area (TPSA) is 98.2 Å². The molecular formula is C26H34N6O3. The standard InChI is InChI=1S/C26H34N6O3/c1-26(2,3)35-25(33)31-14-12-30(13-15-31)17-24-29-28-23-11-8-18(16-32(23)24)34-22-10-9-21(27)19-6-4-5-7-20(19)22/h4-8,11,16,21-22H,9-10,12-15,17,27H2,1-3H3/t21-,22+/m0/s1. The van der Waals surface area contributed by atoms with Crippen molar-refractivity contribution in [3.63, 3.8) is 0 Å². The summed E-state index contributed by atoms with van der Waals surface area (Å²) in [7, 11) is 0. The van der Waals surface area contributed by atoms with Crippen LogP contribution in [0.15, 0.2) is 42.6 Å². The Kier molecular flexibility index (Phi) is 6.37. The van der Waals surface area contributed by atoms with Gasteiger partial charge >= 0.3 is 6.09 Å². The maximum atomic E-state index is 12.3. The second-order valence-corrected chi connectivity index (χ2v) is 10.4. The minimum atomic E-state index is -0.486. The van der Waals surface area contributed by atoms with E-state index in [1.165, 1.54) is 5.56 Å². The molecule has 0 spiro atoms. The maximum absolute atomic E-state index is 12.3. The summed E-state index contributed by atoms with van der Waals surface area (Å²) in [5.41, 5.74) is 8.94. The van der Waals surface area contributed by atoms with Crippen LogP contribution in [0.5, 0.6) is 5.75 Å². The first kappa shape index (κ1) is 23.6. The summed E-state index contributed by atoms with van der Waals surface area (Å²) in [6.45, 7) is 9.07. The number of benzene rings is 1. The molecule has 0 unspecified atom stereocenters. The van der Waals surface area contributed by atoms with Gasteiger partial charge in [0, 0.05) is 32.2 Å². The maximum Gasteiger partial charge on any atom is 0.410 e. The highest BCUT2D eigenvalue weighted by atomic mass is 16.6. The van der Waals surface area contributed by atoms with Gasteiger partial charge in [-0.25, -0.2) is 4.79 Å². The van der Waals surface area contributed by atoms with Crippen LogP contribution in [0.1, 0.15) is 62.7 Å². The van der Waals surface area contributed by atoms with Crippen molar-refractivity contribution >= 4 is 11.7 Å². The first-order chi connectivity index (χ1) is 16.8. The Morgan fingerprint density at radius 3 is 2.51 bits per heavy atom. The van der Waals surface area contributed by atoms with Crippen LogP contribution in [0.2, 0.25) is 0 Å². The van der Waals surface area contributed by atoms with Gasteiger partial charge in [0.15, 0.2) is 11.5 Å². The monoisotopic (exact) mass is 478 g/mol. The van der Waals surface area contributed by atoms with Crippen LogP contribution >= 0.6 is 0 Å². The lowest BCUT2D eigenvalue weighted by Crippen LogP contribution is -2.49. The first-order valence-corrected chi connectivity index (χ1v) is 12.3. The molecule has 186 valence electrons. The third-order valence-corrected chi connectivity index (χ3v) is 6.60. The highest BCUT2D eigenvalue weighted by Gasteiger charge is 2.28. The molecule has 1 aromatic carbocycles. The molecule has 0 bridgehead atoms. The Hall–Kier alpha value is -3.17. The Morgan fingerprint density at radius 2 is 1.77 bits per heavy atom. The van der Waals surface area contributed by atoms with Gasteiger partial charge < -0.3 is 20.1 Å². The molecule has 2 aromatic heterocycles. The van der Waals surface area contributed by atoms with E-state index in [0.29, 0.717) is 19.6 Å². The second-order valence-electron chi connectivity index (χ2n) is 10.4. The fraction of sp³-hybridized carbons (Fsp3) is 0.500. The number of ether oxygens (including phenoxy) is 2. The lowest BCUT2D eigenvalue weighted by Gasteiger charge is -2.35. The van der Waals surface area contributed by atoms with E-state index in [-0.39, 0.29) is 18.2 Å². The van der Waals surface area contributed by atoms with E-state index in [1.807, 2.05) is 55.6 Å². The summed E-state index contributed by atoms with van der Waals surface area (Å²) < 4.78 is 13.9. The average molecular weight is 479 g/mol. The van der Waals surface area contributed by atoms with Gasteiger partial charge in [0.05, 0.1) is 12.7 Å². The molecule has 9 nitrogen and oxygen atoms in total. The summed E-state index contributed by atoms with van der Waals surface area (Å²) >= 11 is 0. The summed E-state index contributed by atoms with van der Waals surface area (Å²) in [5, 5.41) is 8.75. The van der Waals surface area contributed by atoms with E-state index in [1.54, 1.807) is 4.90 Å². The van der Waals surface area contributed by atoms with Crippen LogP contribution < -0.4 is 10.5 Å². The van der Waals surface area contributed by atoms with Gasteiger partial charge in [-0.2, -0.15) is 0 Å². The molecule has 1 fully saturated rings. The number of fused-ring (bicyclic) bond motifs is 2. The number of aromatic nitrogens is 3. The third-order valence-electron chi connectivity index (χ3n) is 6.60. The van der Waals surface area contributed by atoms with Crippen molar-refractivity contribution in [2.24, 2.45) is 5.73 Å². The zero-order chi connectivity index (χ0) is 24.6. The highest BCUT2D eigenvalue weighted by molar-refractivity contribution is 5.68. The Labute approximate surface area is 205 Å². The summed E-state index contributed by atoms with van der Waals surface area (Å²) in [6, 6.07) is 12.2. The predicted octanol–water partition coefficient (Wildman–Crippen LogP) is 3.70. The van der Waals surface area contributed by atoms with Gasteiger partial charge in [0.1, 0.15) is 17.5 Å². The smallest absolute Gasteiger partial charge is 0.410 e. The van der Waals surface area contributed by atoms with Crippen LogP contribution in [-0.4, -0.2) is 62.3 Å². The van der Waals surface area contributed by atoms with E-state index in [9.17, 15) is 4.79 Å². The molecule has 1 aliphatic heterocycles. The molecule has 5 rings (SSSR count). The third kappa shape index (κ3) is 5.26. The zero-order valence-corrected chi connectivity index (χ0v) is 20.7. The van der Waals surface area contributed by atoms with E-state index in [4.69, 9.17) is 15.2 Å². The Balaban J connectivity index is 1.25. The molecule has 1 amide bonds. The van der Waals surface area contributed by atoms with Crippen molar-refractivity contribution in [3.05, 3.63) is 59.5 Å².